The van der Waals surface area contributed by atoms with Crippen LogP contribution in [0.3, 0.4) is 0 Å². The third-order valence-corrected chi connectivity index (χ3v) is 3.63. The van der Waals surface area contributed by atoms with Gasteiger partial charge in [-0.15, -0.1) is 0 Å². The molecular weight excluding hydrogens is 308 g/mol. The van der Waals surface area contributed by atoms with Gasteiger partial charge in [0, 0.05) is 16.8 Å². The average Bonchev–Trinajstić information content (AvgIpc) is 2.55. The first-order valence-electron chi connectivity index (χ1n) is 7.02. The molecule has 0 aliphatic heterocycles. The molecule has 3 rings (SSSR count). The van der Waals surface area contributed by atoms with Crippen molar-refractivity contribution in [1.29, 1.82) is 0 Å². The molecule has 3 N–H and O–H groups in total. The van der Waals surface area contributed by atoms with Gasteiger partial charge in [0.2, 0.25) is 0 Å². The van der Waals surface area contributed by atoms with E-state index in [1.807, 2.05) is 42.5 Å². The first-order valence-corrected chi connectivity index (χ1v) is 7.43. The number of fused-ring (bicyclic) bond motifs is 1. The molecule has 0 radical (unpaired) electrons. The van der Waals surface area contributed by atoms with Crippen LogP contribution in [0.25, 0.3) is 10.8 Å². The smallest absolute Gasteiger partial charge is 0.335 e. The molecule has 0 aromatic heterocycles. The first kappa shape index (κ1) is 15.0. The highest BCUT2D eigenvalue weighted by atomic mass is 32.1. The Morgan fingerprint density at radius 1 is 0.870 bits per heavy atom. The van der Waals surface area contributed by atoms with Gasteiger partial charge in [-0.3, -0.25) is 0 Å². The molecule has 0 spiro atoms. The third-order valence-electron chi connectivity index (χ3n) is 3.43. The van der Waals surface area contributed by atoms with Gasteiger partial charge in [0.25, 0.3) is 0 Å². The lowest BCUT2D eigenvalue weighted by Gasteiger charge is -2.12. The summed E-state index contributed by atoms with van der Waals surface area (Å²) in [5.41, 5.74) is 1.89. The number of carbonyl (C=O) groups is 1. The van der Waals surface area contributed by atoms with E-state index in [0.29, 0.717) is 5.11 Å². The number of carboxylic acid groups (broad SMARTS) is 1. The monoisotopic (exact) mass is 322 g/mol. The van der Waals surface area contributed by atoms with Crippen LogP contribution >= 0.6 is 12.2 Å². The van der Waals surface area contributed by atoms with Gasteiger partial charge >= 0.3 is 5.97 Å². The maximum Gasteiger partial charge on any atom is 0.335 e. The average molecular weight is 322 g/mol. The lowest BCUT2D eigenvalue weighted by Crippen LogP contribution is -2.19. The van der Waals surface area contributed by atoms with Gasteiger partial charge in [-0.2, -0.15) is 0 Å². The summed E-state index contributed by atoms with van der Waals surface area (Å²) in [5.74, 6) is -0.951. The quantitative estimate of drug-likeness (QED) is 0.626. The van der Waals surface area contributed by atoms with E-state index in [2.05, 4.69) is 10.6 Å². The Morgan fingerprint density at radius 3 is 2.30 bits per heavy atom. The van der Waals surface area contributed by atoms with Crippen LogP contribution in [-0.2, 0) is 0 Å². The van der Waals surface area contributed by atoms with Gasteiger partial charge in [0.05, 0.1) is 5.56 Å². The normalized spacial score (nSPS) is 10.3. The second-order valence-corrected chi connectivity index (χ2v) is 5.40. The zero-order valence-electron chi connectivity index (χ0n) is 12.1. The van der Waals surface area contributed by atoms with Crippen molar-refractivity contribution in [2.75, 3.05) is 10.6 Å². The van der Waals surface area contributed by atoms with Gasteiger partial charge in [-0.05, 0) is 47.9 Å². The molecule has 0 aliphatic rings. The van der Waals surface area contributed by atoms with Crippen LogP contribution in [0.5, 0.6) is 0 Å². The molecule has 4 nitrogen and oxygen atoms in total. The number of benzene rings is 3. The predicted octanol–water partition coefficient (Wildman–Crippen LogP) is 4.35. The highest BCUT2D eigenvalue weighted by Gasteiger charge is 2.05. The van der Waals surface area contributed by atoms with E-state index < -0.39 is 5.97 Å². The van der Waals surface area contributed by atoms with Gasteiger partial charge in [-0.1, -0.05) is 36.4 Å². The topological polar surface area (TPSA) is 61.4 Å². The van der Waals surface area contributed by atoms with Gasteiger partial charge < -0.3 is 15.7 Å². The molecule has 0 atom stereocenters. The van der Waals surface area contributed by atoms with Crippen molar-refractivity contribution in [3.63, 3.8) is 0 Å². The Balaban J connectivity index is 1.75. The number of aromatic carboxylic acids is 1. The second kappa shape index (κ2) is 6.46. The Bertz CT molecular complexity index is 870. The SMILES string of the molecule is O=C(O)c1ccc(NC(=S)Nc2cccc3ccccc23)cc1. The minimum atomic E-state index is -0.951. The van der Waals surface area contributed by atoms with Gasteiger partial charge in [0.15, 0.2) is 5.11 Å². The number of carboxylic acids is 1. The Labute approximate surface area is 138 Å². The Morgan fingerprint density at radius 2 is 1.57 bits per heavy atom. The fourth-order valence-electron chi connectivity index (χ4n) is 2.32. The maximum absolute atomic E-state index is 10.8. The van der Waals surface area contributed by atoms with Gasteiger partial charge in [-0.25, -0.2) is 4.79 Å². The lowest BCUT2D eigenvalue weighted by molar-refractivity contribution is 0.0697. The van der Waals surface area contributed by atoms with Crippen molar-refractivity contribution in [2.45, 2.75) is 0 Å². The largest absolute Gasteiger partial charge is 0.478 e. The van der Waals surface area contributed by atoms with Crippen LogP contribution in [0, 0.1) is 0 Å². The molecule has 23 heavy (non-hydrogen) atoms. The number of hydrogen-bond acceptors (Lipinski definition) is 2. The molecule has 0 unspecified atom stereocenters. The van der Waals surface area contributed by atoms with Crippen molar-refractivity contribution < 1.29 is 9.90 Å². The zero-order valence-corrected chi connectivity index (χ0v) is 12.9. The first-order chi connectivity index (χ1) is 11.1. The zero-order chi connectivity index (χ0) is 16.2. The maximum atomic E-state index is 10.8. The lowest BCUT2D eigenvalue weighted by atomic mass is 10.1. The molecule has 0 aliphatic carbocycles. The summed E-state index contributed by atoms with van der Waals surface area (Å²) in [5, 5.41) is 17.8. The summed E-state index contributed by atoms with van der Waals surface area (Å²) >= 11 is 5.33. The summed E-state index contributed by atoms with van der Waals surface area (Å²) in [6.45, 7) is 0. The highest BCUT2D eigenvalue weighted by molar-refractivity contribution is 7.80. The molecule has 3 aromatic carbocycles. The summed E-state index contributed by atoms with van der Waals surface area (Å²) < 4.78 is 0. The molecule has 114 valence electrons. The van der Waals surface area contributed by atoms with Crippen molar-refractivity contribution in [1.82, 2.24) is 0 Å². The Hall–Kier alpha value is -2.92. The molecule has 0 saturated heterocycles. The number of hydrogen-bond donors (Lipinski definition) is 3. The molecule has 0 bridgehead atoms. The number of anilines is 2. The summed E-state index contributed by atoms with van der Waals surface area (Å²) in [7, 11) is 0. The molecule has 3 aromatic rings. The summed E-state index contributed by atoms with van der Waals surface area (Å²) in [6, 6.07) is 20.4. The van der Waals surface area contributed by atoms with Crippen molar-refractivity contribution in [3.05, 3.63) is 72.3 Å². The summed E-state index contributed by atoms with van der Waals surface area (Å²) in [6.07, 6.45) is 0. The fraction of sp³-hybridized carbons (Fsp3) is 0. The van der Waals surface area contributed by atoms with E-state index in [4.69, 9.17) is 17.3 Å². The minimum Gasteiger partial charge on any atom is -0.478 e. The number of thiocarbonyl (C=S) groups is 1. The van der Waals surface area contributed by atoms with E-state index in [0.717, 1.165) is 22.1 Å². The van der Waals surface area contributed by atoms with Crippen LogP contribution in [0.15, 0.2) is 66.7 Å². The second-order valence-electron chi connectivity index (χ2n) is 4.99. The van der Waals surface area contributed by atoms with Crippen LogP contribution in [0.1, 0.15) is 10.4 Å². The van der Waals surface area contributed by atoms with Crippen LogP contribution < -0.4 is 10.6 Å². The molecule has 5 heteroatoms. The van der Waals surface area contributed by atoms with E-state index in [-0.39, 0.29) is 5.56 Å². The van der Waals surface area contributed by atoms with Gasteiger partial charge in [0.1, 0.15) is 0 Å². The Kier molecular flexibility index (Phi) is 4.21. The van der Waals surface area contributed by atoms with E-state index in [1.54, 1.807) is 12.1 Å². The van der Waals surface area contributed by atoms with Crippen LogP contribution in [0.4, 0.5) is 11.4 Å². The third kappa shape index (κ3) is 3.46. The van der Waals surface area contributed by atoms with E-state index in [1.165, 1.54) is 12.1 Å². The van der Waals surface area contributed by atoms with E-state index >= 15 is 0 Å². The fourth-order valence-corrected chi connectivity index (χ4v) is 2.54. The van der Waals surface area contributed by atoms with Crippen molar-refractivity contribution in [2.24, 2.45) is 0 Å². The van der Waals surface area contributed by atoms with Crippen LogP contribution in [-0.4, -0.2) is 16.2 Å². The van der Waals surface area contributed by atoms with Crippen molar-refractivity contribution in [3.8, 4) is 0 Å². The van der Waals surface area contributed by atoms with Crippen LogP contribution in [0.2, 0.25) is 0 Å². The van der Waals surface area contributed by atoms with E-state index in [9.17, 15) is 4.79 Å². The number of rotatable bonds is 3. The highest BCUT2D eigenvalue weighted by Crippen LogP contribution is 2.23. The molecule has 0 fully saturated rings. The van der Waals surface area contributed by atoms with Crippen molar-refractivity contribution >= 4 is 45.4 Å². The minimum absolute atomic E-state index is 0.239. The molecule has 0 heterocycles. The molecule has 0 saturated carbocycles. The predicted molar refractivity (Wildman–Crippen MR) is 97.2 cm³/mol. The number of nitrogens with one attached hydrogen (secondary N) is 2. The molecule has 0 amide bonds. The standard InChI is InChI=1S/C18H14N2O2S/c21-17(22)13-8-10-14(11-9-13)19-18(23)20-16-7-3-5-12-4-1-2-6-15(12)16/h1-11H,(H,21,22)(H2,19,20,23). The molecular formula is C18H14N2O2S. The summed E-state index contributed by atoms with van der Waals surface area (Å²) in [4.78, 5) is 10.8.